The molecule has 29 heavy (non-hydrogen) atoms. The molecule has 0 aromatic carbocycles. The lowest BCUT2D eigenvalue weighted by atomic mass is 9.73. The van der Waals surface area contributed by atoms with E-state index in [1.54, 1.807) is 0 Å². The Morgan fingerprint density at radius 2 is 2.03 bits per heavy atom. The molecule has 2 atom stereocenters. The molecule has 0 aromatic heterocycles. The van der Waals surface area contributed by atoms with E-state index in [0.717, 1.165) is 24.2 Å². The van der Waals surface area contributed by atoms with E-state index in [0.29, 0.717) is 26.0 Å². The maximum atomic E-state index is 12.8. The van der Waals surface area contributed by atoms with Crippen molar-refractivity contribution in [1.29, 1.82) is 0 Å². The van der Waals surface area contributed by atoms with Crippen molar-refractivity contribution in [1.82, 2.24) is 20.9 Å². The molecule has 1 heterocycles. The van der Waals surface area contributed by atoms with E-state index in [9.17, 15) is 24.0 Å². The molecule has 1 aliphatic carbocycles. The summed E-state index contributed by atoms with van der Waals surface area (Å²) in [5, 5.41) is 7.19. The van der Waals surface area contributed by atoms with Crippen LogP contribution in [0.4, 0.5) is 9.59 Å². The van der Waals surface area contributed by atoms with Gasteiger partial charge < -0.3 is 20.1 Å². The molecule has 2 rings (SSSR count). The van der Waals surface area contributed by atoms with Crippen LogP contribution in [0.5, 0.6) is 0 Å². The highest BCUT2D eigenvalue weighted by molar-refractivity contribution is 6.09. The van der Waals surface area contributed by atoms with E-state index in [4.69, 9.17) is 9.47 Å². The van der Waals surface area contributed by atoms with E-state index in [1.165, 1.54) is 7.11 Å². The number of ether oxygens (including phenoxy) is 2. The van der Waals surface area contributed by atoms with Crippen molar-refractivity contribution >= 4 is 29.8 Å². The molecular weight excluding hydrogens is 384 g/mol. The number of esters is 1. The summed E-state index contributed by atoms with van der Waals surface area (Å²) in [4.78, 5) is 61.0. The SMILES string of the molecule is COCCCNC(=O)NC(=O)COC(=O)CN1C(=O)N[C@@]2(CCCC[C@@H]2C)C1=O. The van der Waals surface area contributed by atoms with Crippen molar-refractivity contribution in [2.45, 2.75) is 44.6 Å². The van der Waals surface area contributed by atoms with Crippen LogP contribution in [0.3, 0.4) is 0 Å². The van der Waals surface area contributed by atoms with Crippen LogP contribution >= 0.6 is 0 Å². The van der Waals surface area contributed by atoms with Crippen LogP contribution in [0.25, 0.3) is 0 Å². The third-order valence-electron chi connectivity index (χ3n) is 5.22. The molecular formula is C18H28N4O7. The molecule has 162 valence electrons. The van der Waals surface area contributed by atoms with Gasteiger partial charge in [0.25, 0.3) is 11.8 Å². The van der Waals surface area contributed by atoms with E-state index in [2.05, 4.69) is 10.6 Å². The highest BCUT2D eigenvalue weighted by atomic mass is 16.5. The van der Waals surface area contributed by atoms with Crippen molar-refractivity contribution < 1.29 is 33.4 Å². The number of imide groups is 2. The zero-order valence-corrected chi connectivity index (χ0v) is 16.7. The van der Waals surface area contributed by atoms with Gasteiger partial charge in [0, 0.05) is 20.3 Å². The van der Waals surface area contributed by atoms with Crippen LogP contribution in [0, 0.1) is 5.92 Å². The second kappa shape index (κ2) is 10.2. The van der Waals surface area contributed by atoms with Gasteiger partial charge in [0.1, 0.15) is 12.1 Å². The summed E-state index contributed by atoms with van der Waals surface area (Å²) >= 11 is 0. The second-order valence-electron chi connectivity index (χ2n) is 7.25. The average molecular weight is 412 g/mol. The minimum atomic E-state index is -0.964. The molecule has 1 saturated heterocycles. The number of carbonyl (C=O) groups is 5. The van der Waals surface area contributed by atoms with Gasteiger partial charge in [-0.05, 0) is 25.2 Å². The average Bonchev–Trinajstić information content (AvgIpc) is 2.91. The number of hydrogen-bond acceptors (Lipinski definition) is 7. The lowest BCUT2D eigenvalue weighted by Gasteiger charge is -2.36. The molecule has 3 N–H and O–H groups in total. The minimum absolute atomic E-state index is 0.0260. The Labute approximate surface area is 168 Å². The summed E-state index contributed by atoms with van der Waals surface area (Å²) in [6, 6.07) is -1.36. The molecule has 1 aliphatic heterocycles. The smallest absolute Gasteiger partial charge is 0.326 e. The molecule has 0 aromatic rings. The van der Waals surface area contributed by atoms with Crippen molar-refractivity contribution in [2.75, 3.05) is 33.4 Å². The molecule has 0 bridgehead atoms. The third-order valence-corrected chi connectivity index (χ3v) is 5.22. The van der Waals surface area contributed by atoms with Gasteiger partial charge in [-0.3, -0.25) is 24.6 Å². The predicted octanol–water partition coefficient (Wildman–Crippen LogP) is -0.107. The zero-order valence-electron chi connectivity index (χ0n) is 16.7. The summed E-state index contributed by atoms with van der Waals surface area (Å²) < 4.78 is 9.61. The summed E-state index contributed by atoms with van der Waals surface area (Å²) in [6.07, 6.45) is 3.74. The van der Waals surface area contributed by atoms with Crippen molar-refractivity contribution in [3.05, 3.63) is 0 Å². The largest absolute Gasteiger partial charge is 0.454 e. The predicted molar refractivity (Wildman–Crippen MR) is 99.6 cm³/mol. The summed E-state index contributed by atoms with van der Waals surface area (Å²) in [6.45, 7) is 1.41. The fourth-order valence-corrected chi connectivity index (χ4v) is 3.59. The Balaban J connectivity index is 1.76. The number of carbonyl (C=O) groups excluding carboxylic acids is 5. The first kappa shape index (κ1) is 22.6. The molecule has 1 saturated carbocycles. The van der Waals surface area contributed by atoms with Crippen LogP contribution in [-0.2, 0) is 23.9 Å². The van der Waals surface area contributed by atoms with E-state index >= 15 is 0 Å². The molecule has 1 spiro atoms. The van der Waals surface area contributed by atoms with Crippen LogP contribution in [-0.4, -0.2) is 73.7 Å². The van der Waals surface area contributed by atoms with Gasteiger partial charge in [0.05, 0.1) is 0 Å². The first-order valence-corrected chi connectivity index (χ1v) is 9.66. The Bertz CT molecular complexity index is 669. The third kappa shape index (κ3) is 5.66. The lowest BCUT2D eigenvalue weighted by Crippen LogP contribution is -2.54. The quantitative estimate of drug-likeness (QED) is 0.287. The van der Waals surface area contributed by atoms with Gasteiger partial charge in [-0.25, -0.2) is 9.59 Å². The van der Waals surface area contributed by atoms with Gasteiger partial charge in [0.15, 0.2) is 6.61 Å². The van der Waals surface area contributed by atoms with Crippen molar-refractivity contribution in [3.63, 3.8) is 0 Å². The minimum Gasteiger partial charge on any atom is -0.454 e. The summed E-state index contributed by atoms with van der Waals surface area (Å²) in [5.41, 5.74) is -0.964. The van der Waals surface area contributed by atoms with E-state index < -0.39 is 48.5 Å². The van der Waals surface area contributed by atoms with Crippen molar-refractivity contribution in [2.24, 2.45) is 5.92 Å². The molecule has 11 heteroatoms. The normalized spacial score (nSPS) is 23.7. The van der Waals surface area contributed by atoms with Gasteiger partial charge in [0.2, 0.25) is 0 Å². The van der Waals surface area contributed by atoms with Gasteiger partial charge in [-0.1, -0.05) is 19.8 Å². The first-order valence-electron chi connectivity index (χ1n) is 9.66. The molecule has 11 nitrogen and oxygen atoms in total. The molecule has 2 aliphatic rings. The van der Waals surface area contributed by atoms with E-state index in [-0.39, 0.29) is 5.92 Å². The Kier molecular flexibility index (Phi) is 7.94. The summed E-state index contributed by atoms with van der Waals surface area (Å²) in [7, 11) is 1.53. The number of methoxy groups -OCH3 is 1. The zero-order chi connectivity index (χ0) is 21.4. The number of urea groups is 2. The van der Waals surface area contributed by atoms with E-state index in [1.807, 2.05) is 12.2 Å². The van der Waals surface area contributed by atoms with Crippen LogP contribution in [0.2, 0.25) is 0 Å². The molecule has 0 radical (unpaired) electrons. The molecule has 0 unspecified atom stereocenters. The molecule has 2 fully saturated rings. The van der Waals surface area contributed by atoms with Crippen LogP contribution < -0.4 is 16.0 Å². The van der Waals surface area contributed by atoms with Gasteiger partial charge in [-0.15, -0.1) is 0 Å². The van der Waals surface area contributed by atoms with Crippen LogP contribution in [0.1, 0.15) is 39.0 Å². The van der Waals surface area contributed by atoms with Gasteiger partial charge >= 0.3 is 18.0 Å². The molecule has 6 amide bonds. The standard InChI is InChI=1S/C18H28N4O7/c1-12-6-3-4-7-18(12)15(25)22(17(27)21-18)10-14(24)29-11-13(23)20-16(26)19-8-5-9-28-2/h12H,3-11H2,1-2H3,(H,21,27)(H2,19,20,23,26)/t12-,18+/m0/s1. The number of rotatable bonds is 8. The first-order chi connectivity index (χ1) is 13.8. The van der Waals surface area contributed by atoms with Crippen molar-refractivity contribution in [3.8, 4) is 0 Å². The highest BCUT2D eigenvalue weighted by Crippen LogP contribution is 2.38. The maximum Gasteiger partial charge on any atom is 0.326 e. The number of hydrogen-bond donors (Lipinski definition) is 3. The highest BCUT2D eigenvalue weighted by Gasteiger charge is 2.55. The van der Waals surface area contributed by atoms with Gasteiger partial charge in [-0.2, -0.15) is 0 Å². The number of amides is 6. The number of nitrogens with zero attached hydrogens (tertiary/aromatic N) is 1. The topological polar surface area (TPSA) is 143 Å². The number of nitrogens with one attached hydrogen (secondary N) is 3. The summed E-state index contributed by atoms with van der Waals surface area (Å²) in [5.74, 6) is -2.20. The Hall–Kier alpha value is -2.69. The van der Waals surface area contributed by atoms with Crippen LogP contribution in [0.15, 0.2) is 0 Å². The second-order valence-corrected chi connectivity index (χ2v) is 7.25. The fraction of sp³-hybridized carbons (Fsp3) is 0.722. The lowest BCUT2D eigenvalue weighted by molar-refractivity contribution is -0.151. The maximum absolute atomic E-state index is 12.8. The Morgan fingerprint density at radius 3 is 2.72 bits per heavy atom. The monoisotopic (exact) mass is 412 g/mol. The Morgan fingerprint density at radius 1 is 1.28 bits per heavy atom. The fourth-order valence-electron chi connectivity index (χ4n) is 3.59.